The Morgan fingerprint density at radius 1 is 1.00 bits per heavy atom. The van der Waals surface area contributed by atoms with Crippen LogP contribution in [0.5, 0.6) is 0 Å². The molecule has 1 atom stereocenters. The molecular formula is C16H20N2O5. The molecule has 1 aliphatic heterocycles. The Morgan fingerprint density at radius 2 is 1.57 bits per heavy atom. The van der Waals surface area contributed by atoms with Crippen LogP contribution in [0.3, 0.4) is 0 Å². The fourth-order valence-corrected chi connectivity index (χ4v) is 2.72. The molecular weight excluding hydrogens is 300 g/mol. The van der Waals surface area contributed by atoms with Gasteiger partial charge in [0, 0.05) is 0 Å². The maximum atomic E-state index is 12.7. The van der Waals surface area contributed by atoms with Crippen molar-refractivity contribution in [2.75, 3.05) is 13.2 Å². The summed E-state index contributed by atoms with van der Waals surface area (Å²) in [5, 5.41) is 1.75. The largest absolute Gasteiger partial charge is 0.448 e. The van der Waals surface area contributed by atoms with Gasteiger partial charge in [-0.1, -0.05) is 37.3 Å². The minimum absolute atomic E-state index is 0.101. The summed E-state index contributed by atoms with van der Waals surface area (Å²) in [6, 6.07) is 8.85. The normalized spacial score (nSPS) is 20.0. The number of hydrogen-bond donors (Lipinski definition) is 0. The maximum Gasteiger partial charge on any atom is 0.436 e. The molecule has 7 nitrogen and oxygen atoms in total. The van der Waals surface area contributed by atoms with Crippen LogP contribution in [0.4, 0.5) is 9.59 Å². The fourth-order valence-electron chi connectivity index (χ4n) is 2.72. The Morgan fingerprint density at radius 3 is 2.09 bits per heavy atom. The van der Waals surface area contributed by atoms with E-state index < -0.39 is 23.6 Å². The first-order valence-corrected chi connectivity index (χ1v) is 7.58. The Balaban J connectivity index is 2.46. The molecule has 0 N–H and O–H groups in total. The van der Waals surface area contributed by atoms with Crippen molar-refractivity contribution < 1.29 is 23.9 Å². The van der Waals surface area contributed by atoms with E-state index in [1.165, 1.54) is 0 Å². The molecule has 0 saturated carbocycles. The first-order valence-electron chi connectivity index (χ1n) is 7.58. The van der Waals surface area contributed by atoms with E-state index in [1.54, 1.807) is 45.0 Å². The van der Waals surface area contributed by atoms with Gasteiger partial charge in [-0.15, -0.1) is 5.01 Å². The molecule has 0 aromatic heterocycles. The van der Waals surface area contributed by atoms with Crippen molar-refractivity contribution >= 4 is 18.1 Å². The molecule has 1 heterocycles. The number of imide groups is 1. The molecule has 23 heavy (non-hydrogen) atoms. The van der Waals surface area contributed by atoms with E-state index in [9.17, 15) is 14.4 Å². The number of carbonyl (C=O) groups excluding carboxylic acids is 3. The lowest BCUT2D eigenvalue weighted by atomic mass is 9.81. The quantitative estimate of drug-likeness (QED) is 0.852. The van der Waals surface area contributed by atoms with Gasteiger partial charge < -0.3 is 9.47 Å². The first kappa shape index (κ1) is 16.8. The minimum Gasteiger partial charge on any atom is -0.448 e. The van der Waals surface area contributed by atoms with E-state index in [2.05, 4.69) is 0 Å². The van der Waals surface area contributed by atoms with Crippen LogP contribution in [0.25, 0.3) is 0 Å². The van der Waals surface area contributed by atoms with Gasteiger partial charge in [-0.3, -0.25) is 4.79 Å². The summed E-state index contributed by atoms with van der Waals surface area (Å²) in [5.74, 6) is -0.502. The summed E-state index contributed by atoms with van der Waals surface area (Å²) in [6.07, 6.45) is -1.33. The number of benzene rings is 1. The summed E-state index contributed by atoms with van der Waals surface area (Å²) in [6.45, 7) is 5.30. The molecule has 0 bridgehead atoms. The minimum atomic E-state index is -1.25. The van der Waals surface area contributed by atoms with E-state index in [0.29, 0.717) is 17.0 Å². The predicted molar refractivity (Wildman–Crippen MR) is 81.1 cm³/mol. The number of amides is 3. The molecule has 1 aromatic carbocycles. The van der Waals surface area contributed by atoms with Crippen molar-refractivity contribution in [3.8, 4) is 0 Å². The van der Waals surface area contributed by atoms with Crippen LogP contribution in [0.1, 0.15) is 32.8 Å². The van der Waals surface area contributed by atoms with E-state index in [-0.39, 0.29) is 13.2 Å². The fraction of sp³-hybridized carbons (Fsp3) is 0.438. The van der Waals surface area contributed by atoms with Crippen LogP contribution in [-0.2, 0) is 19.8 Å². The highest BCUT2D eigenvalue weighted by Gasteiger charge is 2.65. The summed E-state index contributed by atoms with van der Waals surface area (Å²) in [5.41, 5.74) is -0.624. The molecule has 1 aliphatic rings. The molecule has 0 spiro atoms. The van der Waals surface area contributed by atoms with Crippen LogP contribution in [0.15, 0.2) is 30.3 Å². The third kappa shape index (κ3) is 2.52. The summed E-state index contributed by atoms with van der Waals surface area (Å²) < 4.78 is 9.88. The zero-order valence-electron chi connectivity index (χ0n) is 13.4. The van der Waals surface area contributed by atoms with Gasteiger partial charge in [0.15, 0.2) is 5.54 Å². The highest BCUT2D eigenvalue weighted by molar-refractivity contribution is 6.06. The van der Waals surface area contributed by atoms with Gasteiger partial charge in [0.05, 0.1) is 13.2 Å². The second kappa shape index (κ2) is 6.68. The number of nitrogens with zero attached hydrogens (tertiary/aromatic N) is 2. The Labute approximate surface area is 134 Å². The second-order valence-corrected chi connectivity index (χ2v) is 4.91. The molecule has 1 saturated heterocycles. The summed E-state index contributed by atoms with van der Waals surface area (Å²) in [7, 11) is 0. The summed E-state index contributed by atoms with van der Waals surface area (Å²) >= 11 is 0. The maximum absolute atomic E-state index is 12.7. The number of ether oxygens (including phenoxy) is 2. The number of carbonyl (C=O) groups is 3. The molecule has 2 rings (SSSR count). The monoisotopic (exact) mass is 320 g/mol. The van der Waals surface area contributed by atoms with Gasteiger partial charge in [-0.05, 0) is 25.8 Å². The lowest BCUT2D eigenvalue weighted by Crippen LogP contribution is -2.77. The van der Waals surface area contributed by atoms with Gasteiger partial charge in [0.25, 0.3) is 5.91 Å². The van der Waals surface area contributed by atoms with Crippen LogP contribution < -0.4 is 0 Å². The van der Waals surface area contributed by atoms with Gasteiger partial charge in [-0.2, -0.15) is 5.01 Å². The van der Waals surface area contributed by atoms with Crippen molar-refractivity contribution in [2.24, 2.45) is 0 Å². The van der Waals surface area contributed by atoms with Crippen LogP contribution in [0, 0.1) is 0 Å². The molecule has 7 heteroatoms. The summed E-state index contributed by atoms with van der Waals surface area (Å²) in [4.78, 5) is 37.1. The number of hydrazine groups is 1. The van der Waals surface area contributed by atoms with Crippen molar-refractivity contribution in [3.05, 3.63) is 35.9 Å². The Hall–Kier alpha value is -2.57. The second-order valence-electron chi connectivity index (χ2n) is 4.91. The first-order chi connectivity index (χ1) is 11.0. The smallest absolute Gasteiger partial charge is 0.436 e. The van der Waals surface area contributed by atoms with Gasteiger partial charge in [-0.25, -0.2) is 9.59 Å². The predicted octanol–water partition coefficient (Wildman–Crippen LogP) is 2.66. The van der Waals surface area contributed by atoms with Crippen LogP contribution in [0.2, 0.25) is 0 Å². The van der Waals surface area contributed by atoms with Crippen molar-refractivity contribution in [3.63, 3.8) is 0 Å². The molecule has 0 radical (unpaired) electrons. The topological polar surface area (TPSA) is 76.2 Å². The van der Waals surface area contributed by atoms with Crippen molar-refractivity contribution in [2.45, 2.75) is 32.7 Å². The molecule has 0 aliphatic carbocycles. The molecule has 0 unspecified atom stereocenters. The zero-order valence-corrected chi connectivity index (χ0v) is 13.4. The number of hydrogen-bond acceptors (Lipinski definition) is 5. The van der Waals surface area contributed by atoms with Crippen LogP contribution in [-0.4, -0.2) is 41.3 Å². The molecule has 1 aromatic rings. The highest BCUT2D eigenvalue weighted by Crippen LogP contribution is 2.44. The highest BCUT2D eigenvalue weighted by atomic mass is 16.6. The van der Waals surface area contributed by atoms with Crippen LogP contribution >= 0.6 is 0 Å². The lowest BCUT2D eigenvalue weighted by molar-refractivity contribution is -0.203. The molecule has 1 fully saturated rings. The third-order valence-corrected chi connectivity index (χ3v) is 3.75. The van der Waals surface area contributed by atoms with Gasteiger partial charge in [0.1, 0.15) is 0 Å². The standard InChI is InChI=1S/C16H20N2O5/c1-4-16(12-10-8-7-9-11-12)13(19)17(14(20)22-5-2)18(16)15(21)23-6-3/h7-11H,4-6H2,1-3H3/t16-/m1/s1. The van der Waals surface area contributed by atoms with Crippen molar-refractivity contribution in [1.29, 1.82) is 0 Å². The van der Waals surface area contributed by atoms with E-state index >= 15 is 0 Å². The SMILES string of the molecule is CCOC(=O)N1C(=O)[C@@](CC)(c2ccccc2)N1C(=O)OCC. The van der Waals surface area contributed by atoms with Gasteiger partial charge >= 0.3 is 12.2 Å². The van der Waals surface area contributed by atoms with E-state index in [0.717, 1.165) is 5.01 Å². The van der Waals surface area contributed by atoms with E-state index in [4.69, 9.17) is 9.47 Å². The lowest BCUT2D eigenvalue weighted by Gasteiger charge is -2.54. The Bertz CT molecular complexity index is 604. The van der Waals surface area contributed by atoms with E-state index in [1.807, 2.05) is 6.07 Å². The average Bonchev–Trinajstić information content (AvgIpc) is 2.54. The zero-order chi connectivity index (χ0) is 17.0. The molecule has 3 amide bonds. The molecule has 124 valence electrons. The average molecular weight is 320 g/mol. The van der Waals surface area contributed by atoms with Crippen molar-refractivity contribution in [1.82, 2.24) is 10.0 Å². The Kier molecular flexibility index (Phi) is 4.88. The van der Waals surface area contributed by atoms with Gasteiger partial charge in [0.2, 0.25) is 0 Å². The third-order valence-electron chi connectivity index (χ3n) is 3.75. The number of rotatable bonds is 4.